The fourth-order valence-electron chi connectivity index (χ4n) is 3.46. The van der Waals surface area contributed by atoms with Crippen LogP contribution in [-0.4, -0.2) is 20.6 Å². The molecule has 0 saturated heterocycles. The van der Waals surface area contributed by atoms with Crippen molar-refractivity contribution in [3.8, 4) is 11.4 Å². The molecule has 31 heavy (non-hydrogen) atoms. The number of aryl methyl sites for hydroxylation is 3. The number of rotatable bonds is 9. The lowest BCUT2D eigenvalue weighted by Gasteiger charge is -2.14. The zero-order chi connectivity index (χ0) is 22.4. The second kappa shape index (κ2) is 10.2. The normalized spacial score (nSPS) is 12.0. The summed E-state index contributed by atoms with van der Waals surface area (Å²) in [5.41, 5.74) is 3.49. The number of carbonyl (C=O) groups excluding carboxylic acids is 1. The van der Waals surface area contributed by atoms with Crippen LogP contribution in [0, 0.1) is 13.8 Å². The van der Waals surface area contributed by atoms with Crippen molar-refractivity contribution in [1.82, 2.24) is 20.0 Å². The molecule has 7 nitrogen and oxygen atoms in total. The van der Waals surface area contributed by atoms with Crippen LogP contribution in [0.15, 0.2) is 45.7 Å². The van der Waals surface area contributed by atoms with Gasteiger partial charge in [-0.3, -0.25) is 9.59 Å². The summed E-state index contributed by atoms with van der Waals surface area (Å²) in [6, 6.07) is 11.7. The number of nitrogens with one attached hydrogen (secondary N) is 1. The average molecular weight is 423 g/mol. The maximum absolute atomic E-state index is 12.7. The van der Waals surface area contributed by atoms with Gasteiger partial charge in [0.05, 0.1) is 11.6 Å². The Labute approximate surface area is 182 Å². The van der Waals surface area contributed by atoms with Gasteiger partial charge < -0.3 is 14.4 Å². The van der Waals surface area contributed by atoms with Gasteiger partial charge in [0, 0.05) is 25.1 Å². The Morgan fingerprint density at radius 3 is 2.61 bits per heavy atom. The first kappa shape index (κ1) is 22.5. The highest BCUT2D eigenvalue weighted by Gasteiger charge is 2.15. The summed E-state index contributed by atoms with van der Waals surface area (Å²) in [7, 11) is 0. The third-order valence-electron chi connectivity index (χ3n) is 5.30. The summed E-state index contributed by atoms with van der Waals surface area (Å²) in [6.07, 6.45) is 2.30. The Kier molecular flexibility index (Phi) is 7.39. The van der Waals surface area contributed by atoms with Crippen LogP contribution in [0.3, 0.4) is 0 Å². The van der Waals surface area contributed by atoms with Gasteiger partial charge in [-0.2, -0.15) is 4.98 Å². The maximum Gasteiger partial charge on any atom is 0.261 e. The highest BCUT2D eigenvalue weighted by molar-refractivity contribution is 5.76. The molecule has 3 aromatic rings. The van der Waals surface area contributed by atoms with Gasteiger partial charge in [-0.05, 0) is 51.3 Å². The van der Waals surface area contributed by atoms with Crippen LogP contribution in [0.5, 0.6) is 0 Å². The molecule has 0 aliphatic heterocycles. The lowest BCUT2D eigenvalue weighted by Crippen LogP contribution is -2.26. The van der Waals surface area contributed by atoms with Gasteiger partial charge in [0.25, 0.3) is 5.56 Å². The zero-order valence-electron chi connectivity index (χ0n) is 18.6. The van der Waals surface area contributed by atoms with Crippen molar-refractivity contribution in [2.24, 2.45) is 0 Å². The number of aromatic nitrogens is 3. The molecule has 1 N–H and O–H groups in total. The SMILES string of the molecule is CCCn1c(C)ccc(-c2noc(CCCC(=O)N[C@@H](C)c3ccc(C)cc3)n2)c1=O. The molecule has 164 valence electrons. The van der Waals surface area contributed by atoms with Crippen LogP contribution in [-0.2, 0) is 17.8 Å². The second-order valence-corrected chi connectivity index (χ2v) is 7.91. The van der Waals surface area contributed by atoms with Crippen molar-refractivity contribution >= 4 is 5.91 Å². The third kappa shape index (κ3) is 5.69. The van der Waals surface area contributed by atoms with E-state index in [1.54, 1.807) is 10.6 Å². The molecule has 7 heteroatoms. The minimum Gasteiger partial charge on any atom is -0.350 e. The summed E-state index contributed by atoms with van der Waals surface area (Å²) >= 11 is 0. The Hall–Kier alpha value is -3.22. The summed E-state index contributed by atoms with van der Waals surface area (Å²) < 4.78 is 7.03. The largest absolute Gasteiger partial charge is 0.350 e. The van der Waals surface area contributed by atoms with Crippen molar-refractivity contribution in [1.29, 1.82) is 0 Å². The van der Waals surface area contributed by atoms with Gasteiger partial charge in [0.2, 0.25) is 17.6 Å². The molecule has 0 aliphatic carbocycles. The molecule has 1 atom stereocenters. The third-order valence-corrected chi connectivity index (χ3v) is 5.30. The number of carbonyl (C=O) groups is 1. The lowest BCUT2D eigenvalue weighted by molar-refractivity contribution is -0.121. The van der Waals surface area contributed by atoms with Crippen LogP contribution >= 0.6 is 0 Å². The first-order chi connectivity index (χ1) is 14.9. The van der Waals surface area contributed by atoms with Gasteiger partial charge in [-0.1, -0.05) is 41.9 Å². The summed E-state index contributed by atoms with van der Waals surface area (Å²) in [6.45, 7) is 8.60. The van der Waals surface area contributed by atoms with E-state index in [-0.39, 0.29) is 17.5 Å². The smallest absolute Gasteiger partial charge is 0.261 e. The number of pyridine rings is 1. The summed E-state index contributed by atoms with van der Waals surface area (Å²) in [5, 5.41) is 6.99. The molecule has 0 radical (unpaired) electrons. The van der Waals surface area contributed by atoms with E-state index >= 15 is 0 Å². The fourth-order valence-corrected chi connectivity index (χ4v) is 3.46. The second-order valence-electron chi connectivity index (χ2n) is 7.91. The van der Waals surface area contributed by atoms with E-state index < -0.39 is 0 Å². The van der Waals surface area contributed by atoms with Gasteiger partial charge >= 0.3 is 0 Å². The molecular weight excluding hydrogens is 392 g/mol. The maximum atomic E-state index is 12.7. The number of hydrogen-bond donors (Lipinski definition) is 1. The van der Waals surface area contributed by atoms with Gasteiger partial charge in [0.15, 0.2) is 0 Å². The Bertz CT molecular complexity index is 1080. The van der Waals surface area contributed by atoms with Crippen molar-refractivity contribution in [3.05, 3.63) is 69.5 Å². The standard InChI is InChI=1S/C24H30N4O3/c1-5-15-28-17(3)11-14-20(24(28)30)23-26-22(31-27-23)8-6-7-21(29)25-18(4)19-12-9-16(2)10-13-19/h9-14,18H,5-8,15H2,1-4H3,(H,25,29)/t18-/m0/s1. The molecule has 0 fully saturated rings. The van der Waals surface area contributed by atoms with Crippen LogP contribution in [0.4, 0.5) is 0 Å². The van der Waals surface area contributed by atoms with Crippen LogP contribution in [0.1, 0.15) is 61.9 Å². The predicted octanol–water partition coefficient (Wildman–Crippen LogP) is 4.13. The number of nitrogens with zero attached hydrogens (tertiary/aromatic N) is 3. The molecule has 0 bridgehead atoms. The minimum atomic E-state index is -0.112. The van der Waals surface area contributed by atoms with Crippen LogP contribution < -0.4 is 10.9 Å². The van der Waals surface area contributed by atoms with Gasteiger partial charge in [0.1, 0.15) is 0 Å². The van der Waals surface area contributed by atoms with E-state index in [0.717, 1.165) is 17.7 Å². The molecule has 2 aromatic heterocycles. The lowest BCUT2D eigenvalue weighted by atomic mass is 10.1. The number of benzene rings is 1. The van der Waals surface area contributed by atoms with Crippen molar-refractivity contribution < 1.29 is 9.32 Å². The zero-order valence-corrected chi connectivity index (χ0v) is 18.6. The monoisotopic (exact) mass is 422 g/mol. The van der Waals surface area contributed by atoms with E-state index in [1.807, 2.05) is 58.0 Å². The number of hydrogen-bond acceptors (Lipinski definition) is 5. The van der Waals surface area contributed by atoms with Gasteiger partial charge in [-0.25, -0.2) is 0 Å². The topological polar surface area (TPSA) is 90.0 Å². The average Bonchev–Trinajstić information content (AvgIpc) is 3.20. The van der Waals surface area contributed by atoms with Crippen molar-refractivity contribution in [2.45, 2.75) is 66.0 Å². The molecule has 0 unspecified atom stereocenters. The highest BCUT2D eigenvalue weighted by atomic mass is 16.5. The molecule has 3 rings (SSSR count). The first-order valence-electron chi connectivity index (χ1n) is 10.8. The molecular formula is C24H30N4O3. The molecule has 1 amide bonds. The van der Waals surface area contributed by atoms with E-state index in [4.69, 9.17) is 4.52 Å². The predicted molar refractivity (Wildman–Crippen MR) is 120 cm³/mol. The Morgan fingerprint density at radius 1 is 1.16 bits per heavy atom. The molecule has 0 saturated carbocycles. The number of amides is 1. The van der Waals surface area contributed by atoms with E-state index in [9.17, 15) is 9.59 Å². The van der Waals surface area contributed by atoms with E-state index in [0.29, 0.717) is 43.1 Å². The van der Waals surface area contributed by atoms with Crippen LogP contribution in [0.2, 0.25) is 0 Å². The Morgan fingerprint density at radius 2 is 1.90 bits per heavy atom. The fraction of sp³-hybridized carbons (Fsp3) is 0.417. The first-order valence-corrected chi connectivity index (χ1v) is 10.8. The van der Waals surface area contributed by atoms with E-state index in [1.165, 1.54) is 5.56 Å². The van der Waals surface area contributed by atoms with Crippen LogP contribution in [0.25, 0.3) is 11.4 Å². The summed E-state index contributed by atoms with van der Waals surface area (Å²) in [4.78, 5) is 29.3. The van der Waals surface area contributed by atoms with Gasteiger partial charge in [-0.15, -0.1) is 0 Å². The molecule has 2 heterocycles. The quantitative estimate of drug-likeness (QED) is 0.560. The Balaban J connectivity index is 1.55. The van der Waals surface area contributed by atoms with Crippen molar-refractivity contribution in [3.63, 3.8) is 0 Å². The summed E-state index contributed by atoms with van der Waals surface area (Å²) in [5.74, 6) is 0.701. The molecule has 0 spiro atoms. The highest BCUT2D eigenvalue weighted by Crippen LogP contribution is 2.15. The molecule has 1 aromatic carbocycles. The molecule has 0 aliphatic rings. The van der Waals surface area contributed by atoms with Crippen molar-refractivity contribution in [2.75, 3.05) is 0 Å². The minimum absolute atomic E-state index is 0.0196. The van der Waals surface area contributed by atoms with E-state index in [2.05, 4.69) is 15.5 Å².